The van der Waals surface area contributed by atoms with Crippen molar-refractivity contribution >= 4 is 11.6 Å². The number of fused-ring (bicyclic) bond motifs is 1. The van der Waals surface area contributed by atoms with Gasteiger partial charge in [0.25, 0.3) is 0 Å². The van der Waals surface area contributed by atoms with Crippen LogP contribution >= 0.6 is 11.6 Å². The van der Waals surface area contributed by atoms with Gasteiger partial charge in [0.2, 0.25) is 0 Å². The predicted molar refractivity (Wildman–Crippen MR) is 59.4 cm³/mol. The lowest BCUT2D eigenvalue weighted by Crippen LogP contribution is -2.17. The molecule has 1 aliphatic heterocycles. The van der Waals surface area contributed by atoms with Crippen LogP contribution in [-0.2, 0) is 13.0 Å². The van der Waals surface area contributed by atoms with Gasteiger partial charge in [-0.05, 0) is 17.7 Å². The Kier molecular flexibility index (Phi) is 3.46. The summed E-state index contributed by atoms with van der Waals surface area (Å²) < 4.78 is 5.55. The van der Waals surface area contributed by atoms with E-state index < -0.39 is 0 Å². The van der Waals surface area contributed by atoms with E-state index in [0.29, 0.717) is 13.1 Å². The van der Waals surface area contributed by atoms with Gasteiger partial charge < -0.3 is 15.2 Å². The molecule has 2 N–H and O–H groups in total. The summed E-state index contributed by atoms with van der Waals surface area (Å²) in [5.74, 6) is 0.963. The molecule has 1 heterocycles. The van der Waals surface area contributed by atoms with Crippen LogP contribution in [0.25, 0.3) is 0 Å². The molecule has 0 unspecified atom stereocenters. The molecule has 1 aliphatic rings. The van der Waals surface area contributed by atoms with E-state index in [-0.39, 0.29) is 6.61 Å². The molecule has 0 bridgehead atoms. The van der Waals surface area contributed by atoms with Gasteiger partial charge in [0, 0.05) is 30.1 Å². The summed E-state index contributed by atoms with van der Waals surface area (Å²) in [4.78, 5) is 0. The second kappa shape index (κ2) is 4.84. The van der Waals surface area contributed by atoms with E-state index >= 15 is 0 Å². The van der Waals surface area contributed by atoms with Gasteiger partial charge in [0.15, 0.2) is 0 Å². The summed E-state index contributed by atoms with van der Waals surface area (Å²) in [5, 5.41) is 12.5. The zero-order valence-electron chi connectivity index (χ0n) is 8.42. The van der Waals surface area contributed by atoms with Crippen LogP contribution in [0.4, 0.5) is 0 Å². The monoisotopic (exact) mass is 227 g/mol. The fourth-order valence-electron chi connectivity index (χ4n) is 1.78. The number of halogens is 1. The highest BCUT2D eigenvalue weighted by Crippen LogP contribution is 2.32. The van der Waals surface area contributed by atoms with Crippen LogP contribution in [0, 0.1) is 0 Å². The largest absolute Gasteiger partial charge is 0.493 e. The summed E-state index contributed by atoms with van der Waals surface area (Å²) in [6, 6.07) is 3.87. The Labute approximate surface area is 94.0 Å². The molecule has 1 aromatic carbocycles. The number of hydrogen-bond donors (Lipinski definition) is 2. The molecule has 82 valence electrons. The average Bonchev–Trinajstić information content (AvgIpc) is 2.65. The third-order valence-electron chi connectivity index (χ3n) is 2.43. The van der Waals surface area contributed by atoms with Crippen LogP contribution in [0.3, 0.4) is 0 Å². The third kappa shape index (κ3) is 2.43. The Morgan fingerprint density at radius 1 is 1.47 bits per heavy atom. The minimum absolute atomic E-state index is 0.142. The van der Waals surface area contributed by atoms with Crippen LogP contribution < -0.4 is 10.1 Å². The molecule has 0 fully saturated rings. The Bertz CT molecular complexity index is 355. The van der Waals surface area contributed by atoms with Crippen molar-refractivity contribution in [1.29, 1.82) is 0 Å². The fraction of sp³-hybridized carbons (Fsp3) is 0.455. The summed E-state index contributed by atoms with van der Waals surface area (Å²) in [5.41, 5.74) is 2.26. The minimum atomic E-state index is 0.142. The molecular formula is C11H14ClNO2. The zero-order valence-corrected chi connectivity index (χ0v) is 9.18. The van der Waals surface area contributed by atoms with Crippen LogP contribution in [0.1, 0.15) is 11.1 Å². The molecular weight excluding hydrogens is 214 g/mol. The van der Waals surface area contributed by atoms with Crippen molar-refractivity contribution in [2.24, 2.45) is 0 Å². The first kappa shape index (κ1) is 10.7. The lowest BCUT2D eigenvalue weighted by Gasteiger charge is -2.09. The Hall–Kier alpha value is -0.770. The molecule has 0 aromatic heterocycles. The molecule has 0 saturated heterocycles. The predicted octanol–water partition coefficient (Wildman–Crippen LogP) is 1.36. The van der Waals surface area contributed by atoms with Crippen molar-refractivity contribution in [3.63, 3.8) is 0 Å². The van der Waals surface area contributed by atoms with Gasteiger partial charge in [-0.1, -0.05) is 11.6 Å². The van der Waals surface area contributed by atoms with Crippen LogP contribution in [-0.4, -0.2) is 24.9 Å². The Morgan fingerprint density at radius 2 is 2.33 bits per heavy atom. The smallest absolute Gasteiger partial charge is 0.127 e. The molecule has 4 heteroatoms. The number of nitrogens with one attached hydrogen (secondary N) is 1. The van der Waals surface area contributed by atoms with Gasteiger partial charge in [-0.15, -0.1) is 0 Å². The van der Waals surface area contributed by atoms with Gasteiger partial charge in [-0.2, -0.15) is 0 Å². The zero-order chi connectivity index (χ0) is 10.7. The maximum atomic E-state index is 8.67. The molecule has 0 radical (unpaired) electrons. The molecule has 0 saturated carbocycles. The summed E-state index contributed by atoms with van der Waals surface area (Å²) in [6.07, 6.45) is 0.933. The van der Waals surface area contributed by atoms with E-state index in [0.717, 1.165) is 29.4 Å². The first-order valence-electron chi connectivity index (χ1n) is 5.07. The van der Waals surface area contributed by atoms with E-state index in [4.69, 9.17) is 21.4 Å². The number of hydrogen-bond acceptors (Lipinski definition) is 3. The number of ether oxygens (including phenoxy) is 1. The quantitative estimate of drug-likeness (QED) is 0.764. The maximum absolute atomic E-state index is 8.67. The Morgan fingerprint density at radius 3 is 3.13 bits per heavy atom. The van der Waals surface area contributed by atoms with Crippen LogP contribution in [0.2, 0.25) is 5.02 Å². The number of aliphatic hydroxyl groups excluding tert-OH is 1. The van der Waals surface area contributed by atoms with Crippen molar-refractivity contribution in [3.05, 3.63) is 28.3 Å². The SMILES string of the molecule is OCCNCc1cc(Cl)cc2c1OCC2. The van der Waals surface area contributed by atoms with Crippen molar-refractivity contribution < 1.29 is 9.84 Å². The Balaban J connectivity index is 2.15. The number of benzene rings is 1. The third-order valence-corrected chi connectivity index (χ3v) is 2.65. The van der Waals surface area contributed by atoms with E-state index in [9.17, 15) is 0 Å². The number of rotatable bonds is 4. The fourth-order valence-corrected chi connectivity index (χ4v) is 2.04. The highest BCUT2D eigenvalue weighted by molar-refractivity contribution is 6.30. The lowest BCUT2D eigenvalue weighted by molar-refractivity contribution is 0.291. The normalized spacial score (nSPS) is 13.7. The van der Waals surface area contributed by atoms with Gasteiger partial charge in [-0.25, -0.2) is 0 Å². The van der Waals surface area contributed by atoms with E-state index in [1.54, 1.807) is 0 Å². The molecule has 15 heavy (non-hydrogen) atoms. The van der Waals surface area contributed by atoms with Crippen molar-refractivity contribution in [1.82, 2.24) is 5.32 Å². The standard InChI is InChI=1S/C11H14ClNO2/c12-10-5-8-1-4-15-11(8)9(6-10)7-13-2-3-14/h5-6,13-14H,1-4,7H2. The first-order valence-corrected chi connectivity index (χ1v) is 5.44. The molecule has 0 aliphatic carbocycles. The van der Waals surface area contributed by atoms with E-state index in [1.807, 2.05) is 12.1 Å². The molecule has 0 spiro atoms. The molecule has 1 aromatic rings. The summed E-state index contributed by atoms with van der Waals surface area (Å²) in [6.45, 7) is 2.15. The highest BCUT2D eigenvalue weighted by atomic mass is 35.5. The average molecular weight is 228 g/mol. The summed E-state index contributed by atoms with van der Waals surface area (Å²) >= 11 is 6.01. The molecule has 3 nitrogen and oxygen atoms in total. The number of aliphatic hydroxyl groups is 1. The van der Waals surface area contributed by atoms with Gasteiger partial charge in [-0.3, -0.25) is 0 Å². The van der Waals surface area contributed by atoms with Crippen LogP contribution in [0.5, 0.6) is 5.75 Å². The van der Waals surface area contributed by atoms with Gasteiger partial charge in [0.1, 0.15) is 5.75 Å². The summed E-state index contributed by atoms with van der Waals surface area (Å²) in [7, 11) is 0. The topological polar surface area (TPSA) is 41.5 Å². The van der Waals surface area contributed by atoms with Crippen molar-refractivity contribution in [3.8, 4) is 5.75 Å². The van der Waals surface area contributed by atoms with Crippen molar-refractivity contribution in [2.45, 2.75) is 13.0 Å². The van der Waals surface area contributed by atoms with Gasteiger partial charge in [0.05, 0.1) is 13.2 Å². The second-order valence-corrected chi connectivity index (χ2v) is 3.99. The van der Waals surface area contributed by atoms with Crippen molar-refractivity contribution in [2.75, 3.05) is 19.8 Å². The highest BCUT2D eigenvalue weighted by Gasteiger charge is 2.16. The van der Waals surface area contributed by atoms with E-state index in [1.165, 1.54) is 5.56 Å². The maximum Gasteiger partial charge on any atom is 0.127 e. The van der Waals surface area contributed by atoms with E-state index in [2.05, 4.69) is 5.32 Å². The van der Waals surface area contributed by atoms with Gasteiger partial charge >= 0.3 is 0 Å². The molecule has 0 atom stereocenters. The minimum Gasteiger partial charge on any atom is -0.493 e. The lowest BCUT2D eigenvalue weighted by atomic mass is 10.1. The second-order valence-electron chi connectivity index (χ2n) is 3.55. The first-order chi connectivity index (χ1) is 7.31. The molecule has 0 amide bonds. The molecule has 2 rings (SSSR count). The van der Waals surface area contributed by atoms with Crippen LogP contribution in [0.15, 0.2) is 12.1 Å².